The summed E-state index contributed by atoms with van der Waals surface area (Å²) in [5, 5.41) is 24.1. The Bertz CT molecular complexity index is 4140. The van der Waals surface area contributed by atoms with Crippen LogP contribution in [0, 0.1) is 33.3 Å². The number of nitro groups is 1. The maximum atomic E-state index is 14.2. The summed E-state index contributed by atoms with van der Waals surface area (Å²) in [5.41, 5.74) is 8.56. The van der Waals surface area contributed by atoms with Crippen LogP contribution in [0.1, 0.15) is 115 Å². The van der Waals surface area contributed by atoms with Crippen LogP contribution in [0.2, 0.25) is 5.02 Å². The van der Waals surface area contributed by atoms with Crippen LogP contribution in [-0.2, 0) is 39.2 Å². The lowest BCUT2D eigenvalue weighted by molar-refractivity contribution is -0.384. The number of hydrogen-bond acceptors (Lipinski definition) is 15. The average Bonchev–Trinajstić information content (AvgIpc) is 1.80. The molecule has 5 aliphatic rings. The summed E-state index contributed by atoms with van der Waals surface area (Å²) in [7, 11) is -4.63. The number of ether oxygens (including phenoxy) is 1. The van der Waals surface area contributed by atoms with Gasteiger partial charge in [0, 0.05) is 129 Å². The minimum absolute atomic E-state index is 0.0567. The van der Waals surface area contributed by atoms with Gasteiger partial charge < -0.3 is 24.8 Å². The van der Waals surface area contributed by atoms with Crippen LogP contribution < -0.4 is 25.0 Å². The summed E-state index contributed by atoms with van der Waals surface area (Å²) < 4.78 is 38.5. The molecular formula is C67H71ClN12O9S. The number of piperazine rings is 1. The van der Waals surface area contributed by atoms with Crippen molar-refractivity contribution >= 4 is 78.9 Å². The van der Waals surface area contributed by atoms with E-state index in [1.165, 1.54) is 39.9 Å². The molecule has 0 bridgehead atoms. The number of halogens is 1. The lowest BCUT2D eigenvalue weighted by atomic mass is 9.72. The number of pyridine rings is 1. The number of imide groups is 1. The lowest BCUT2D eigenvalue weighted by Crippen LogP contribution is -2.52. The second kappa shape index (κ2) is 26.3. The zero-order chi connectivity index (χ0) is 62.7. The van der Waals surface area contributed by atoms with Gasteiger partial charge in [-0.2, -0.15) is 5.10 Å². The SMILES string of the molecule is CC1(C)CCC(CN2CCN(c3ccc(C(=O)NS(=O)(=O)c4ccc(NCC5CCN(Cc6cnn(CCCC#Cc7cccc8c7CN(C7CCC(=O)NC7=O)C8=O)c6)CC5)c([N+](=O)[O-])c4)c(Oc4cnc5[nH]ccc5c4)c3)CC2)=C(c2ccc(Cl)cc2)C1. The molecule has 4 aromatic carbocycles. The standard InChI is InChI=1S/C67H71ClN12O9S/c1-67(2)24-20-49(56(36-67)47-10-12-50(68)13-11-47)42-76-29-31-77(32-30-76)51-14-16-55(61(34-51)89-52-33-48-21-25-69-63(48)71-39-52)64(82)74-90(87,88)53-15-17-58(60(35-53)80(85)86)70-37-44-22-27-75(28-23-44)40-45-38-72-78(41-45)26-5-3-4-7-46-8-6-9-54-57(46)43-79(66(54)84)59-18-19-62(81)73-65(59)83/h6,8-17,21,25,33-35,38-39,41,44,59,70H,3,5,18-20,22-24,26-32,36-37,40,42-43H2,1-2H3,(H,69,71)(H,74,82)(H,73,81,83). The van der Waals surface area contributed by atoms with Gasteiger partial charge in [-0.1, -0.05) is 61.1 Å². The summed E-state index contributed by atoms with van der Waals surface area (Å²) in [4.78, 5) is 79.2. The van der Waals surface area contributed by atoms with Gasteiger partial charge in [0.1, 0.15) is 28.9 Å². The van der Waals surface area contributed by atoms with Gasteiger partial charge in [-0.25, -0.2) is 18.1 Å². The van der Waals surface area contributed by atoms with E-state index in [1.807, 2.05) is 41.3 Å². The Labute approximate surface area is 527 Å². The quantitative estimate of drug-likeness (QED) is 0.0193. The van der Waals surface area contributed by atoms with Crippen molar-refractivity contribution in [1.29, 1.82) is 0 Å². The zero-order valence-electron chi connectivity index (χ0n) is 50.3. The molecule has 0 spiro atoms. The van der Waals surface area contributed by atoms with E-state index in [1.54, 1.807) is 42.6 Å². The first kappa shape index (κ1) is 61.4. The summed E-state index contributed by atoms with van der Waals surface area (Å²) in [6.45, 7) is 12.3. The molecule has 3 fully saturated rings. The number of aromatic amines is 1. The number of carbonyl (C=O) groups excluding carboxylic acids is 4. The predicted octanol–water partition coefficient (Wildman–Crippen LogP) is 9.93. The number of hydrogen-bond donors (Lipinski definition) is 4. The molecule has 12 rings (SSSR count). The van der Waals surface area contributed by atoms with Crippen LogP contribution in [0.3, 0.4) is 0 Å². The third kappa shape index (κ3) is 14.1. The van der Waals surface area contributed by atoms with Crippen LogP contribution in [0.15, 0.2) is 126 Å². The minimum Gasteiger partial charge on any atom is -0.455 e. The van der Waals surface area contributed by atoms with Crippen LogP contribution in [0.25, 0.3) is 16.6 Å². The van der Waals surface area contributed by atoms with Gasteiger partial charge >= 0.3 is 0 Å². The van der Waals surface area contributed by atoms with E-state index in [0.717, 1.165) is 117 Å². The smallest absolute Gasteiger partial charge is 0.293 e. The largest absolute Gasteiger partial charge is 0.455 e. The maximum Gasteiger partial charge on any atom is 0.293 e. The number of nitrogens with zero attached hydrogens (tertiary/aromatic N) is 8. The molecular weight excluding hydrogens is 1180 g/mol. The summed E-state index contributed by atoms with van der Waals surface area (Å²) in [5.74, 6) is 5.15. The van der Waals surface area contributed by atoms with Crippen molar-refractivity contribution in [3.63, 3.8) is 0 Å². The van der Waals surface area contributed by atoms with Gasteiger partial charge in [-0.3, -0.25) is 49.1 Å². The van der Waals surface area contributed by atoms with Gasteiger partial charge in [0.05, 0.1) is 27.8 Å². The minimum atomic E-state index is -4.63. The molecule has 1 atom stereocenters. The van der Waals surface area contributed by atoms with Gasteiger partial charge in [0.2, 0.25) is 11.8 Å². The van der Waals surface area contributed by atoms with Crippen molar-refractivity contribution in [3.05, 3.63) is 170 Å². The monoisotopic (exact) mass is 1250 g/mol. The Balaban J connectivity index is 0.631. The van der Waals surface area contributed by atoms with E-state index in [-0.39, 0.29) is 53.1 Å². The molecule has 0 saturated carbocycles. The van der Waals surface area contributed by atoms with E-state index < -0.39 is 43.4 Å². The first-order valence-corrected chi connectivity index (χ1v) is 32.5. The molecule has 7 heterocycles. The lowest BCUT2D eigenvalue weighted by Gasteiger charge is -2.39. The number of nitrogens with one attached hydrogen (secondary N) is 4. The van der Waals surface area contributed by atoms with E-state index in [2.05, 4.69) is 82.9 Å². The van der Waals surface area contributed by atoms with Crippen molar-refractivity contribution in [2.45, 2.75) is 102 Å². The molecule has 1 unspecified atom stereocenters. The molecule has 21 nitrogen and oxygen atoms in total. The summed E-state index contributed by atoms with van der Waals surface area (Å²) in [6.07, 6.45) is 13.9. The Kier molecular flexibility index (Phi) is 17.9. The van der Waals surface area contributed by atoms with Crippen molar-refractivity contribution in [3.8, 4) is 23.3 Å². The number of benzene rings is 4. The van der Waals surface area contributed by atoms with Crippen molar-refractivity contribution in [1.82, 2.24) is 44.5 Å². The Morgan fingerprint density at radius 2 is 1.71 bits per heavy atom. The normalized spacial score (nSPS) is 18.3. The molecule has 1 aliphatic carbocycles. The number of fused-ring (bicyclic) bond motifs is 2. The van der Waals surface area contributed by atoms with Gasteiger partial charge in [0.25, 0.3) is 27.5 Å². The highest BCUT2D eigenvalue weighted by molar-refractivity contribution is 7.90. The number of allylic oxidation sites excluding steroid dienone is 1. The number of amides is 4. The number of H-pyrrole nitrogens is 1. The Morgan fingerprint density at radius 1 is 0.911 bits per heavy atom. The summed E-state index contributed by atoms with van der Waals surface area (Å²) in [6, 6.07) is 25.2. The van der Waals surface area contributed by atoms with E-state index >= 15 is 0 Å². The van der Waals surface area contributed by atoms with Crippen molar-refractivity contribution in [2.75, 3.05) is 62.6 Å². The molecule has 7 aromatic rings. The average molecular weight is 1260 g/mol. The number of sulfonamides is 1. The van der Waals surface area contributed by atoms with Crippen molar-refractivity contribution < 1.29 is 37.3 Å². The number of anilines is 2. The molecule has 3 aromatic heterocycles. The number of nitro benzene ring substituents is 1. The topological polar surface area (TPSA) is 250 Å². The van der Waals surface area contributed by atoms with Crippen LogP contribution >= 0.6 is 11.6 Å². The molecule has 0 radical (unpaired) electrons. The number of aryl methyl sites for hydroxylation is 1. The fourth-order valence-electron chi connectivity index (χ4n) is 12.9. The fraction of sp³-hybridized carbons (Fsp3) is 0.373. The van der Waals surface area contributed by atoms with Crippen LogP contribution in [-0.4, -0.2) is 130 Å². The predicted molar refractivity (Wildman–Crippen MR) is 342 cm³/mol. The zero-order valence-corrected chi connectivity index (χ0v) is 51.9. The highest BCUT2D eigenvalue weighted by Crippen LogP contribution is 2.44. The molecule has 466 valence electrons. The third-order valence-corrected chi connectivity index (χ3v) is 19.5. The number of rotatable bonds is 19. The molecule has 3 saturated heterocycles. The number of likely N-dealkylation sites (tertiary alicyclic amines) is 1. The van der Waals surface area contributed by atoms with E-state index in [0.29, 0.717) is 56.0 Å². The van der Waals surface area contributed by atoms with Gasteiger partial charge in [-0.15, -0.1) is 0 Å². The number of aromatic nitrogens is 4. The number of unbranched alkanes of at least 4 members (excludes halogenated alkanes) is 1. The molecule has 90 heavy (non-hydrogen) atoms. The molecule has 4 N–H and O–H groups in total. The molecule has 23 heteroatoms. The first-order valence-electron chi connectivity index (χ1n) is 30.7. The Hall–Kier alpha value is -8.88. The second-order valence-electron chi connectivity index (χ2n) is 24.8. The molecule has 4 amide bonds. The second-order valence-corrected chi connectivity index (χ2v) is 26.9. The van der Waals surface area contributed by atoms with Crippen LogP contribution in [0.5, 0.6) is 11.5 Å². The highest BCUT2D eigenvalue weighted by atomic mass is 35.5. The first-order chi connectivity index (χ1) is 43.4. The van der Waals surface area contributed by atoms with Gasteiger partial charge in [0.15, 0.2) is 0 Å². The van der Waals surface area contributed by atoms with Gasteiger partial charge in [-0.05, 0) is 147 Å². The highest BCUT2D eigenvalue weighted by Gasteiger charge is 2.40. The number of carbonyl (C=O) groups is 4. The van der Waals surface area contributed by atoms with Crippen molar-refractivity contribution in [2.24, 2.45) is 11.3 Å². The van der Waals surface area contributed by atoms with E-state index in [4.69, 9.17) is 16.3 Å². The fourth-order valence-corrected chi connectivity index (χ4v) is 14.0. The Morgan fingerprint density at radius 3 is 2.50 bits per heavy atom. The maximum absolute atomic E-state index is 14.2. The molecule has 4 aliphatic heterocycles. The number of piperidine rings is 2. The summed E-state index contributed by atoms with van der Waals surface area (Å²) >= 11 is 6.28. The van der Waals surface area contributed by atoms with Crippen LogP contribution in [0.4, 0.5) is 17.1 Å². The van der Waals surface area contributed by atoms with E-state index in [9.17, 15) is 37.7 Å². The third-order valence-electron chi connectivity index (χ3n) is 17.9.